The highest BCUT2D eigenvalue weighted by Gasteiger charge is 2.12. The van der Waals surface area contributed by atoms with Gasteiger partial charge in [0.25, 0.3) is 5.56 Å². The van der Waals surface area contributed by atoms with Crippen molar-refractivity contribution in [2.75, 3.05) is 10.6 Å². The summed E-state index contributed by atoms with van der Waals surface area (Å²) in [6.07, 6.45) is 0. The first-order chi connectivity index (χ1) is 19.7. The van der Waals surface area contributed by atoms with Crippen molar-refractivity contribution in [2.24, 2.45) is 0 Å². The van der Waals surface area contributed by atoms with Crippen LogP contribution in [0, 0.1) is 0 Å². The first-order valence-corrected chi connectivity index (χ1v) is 13.6. The fraction of sp³-hybridized carbons (Fsp3) is 0.0645. The normalized spacial score (nSPS) is 11.0. The molecule has 0 saturated heterocycles. The van der Waals surface area contributed by atoms with Crippen LogP contribution in [0.1, 0.15) is 11.1 Å². The lowest BCUT2D eigenvalue weighted by atomic mass is 10.2. The summed E-state index contributed by atoms with van der Waals surface area (Å²) in [5.41, 5.74) is 3.31. The molecule has 9 heteroatoms. The lowest BCUT2D eigenvalue weighted by Gasteiger charge is -2.14. The van der Waals surface area contributed by atoms with E-state index in [1.165, 1.54) is 10.7 Å². The molecule has 198 valence electrons. The Bertz CT molecular complexity index is 1830. The maximum atomic E-state index is 12.7. The zero-order valence-corrected chi connectivity index (χ0v) is 22.2. The van der Waals surface area contributed by atoms with Gasteiger partial charge in [-0.05, 0) is 47.5 Å². The van der Waals surface area contributed by atoms with Crippen LogP contribution < -0.4 is 16.2 Å². The highest BCUT2D eigenvalue weighted by molar-refractivity contribution is 7.99. The van der Waals surface area contributed by atoms with E-state index in [9.17, 15) is 9.90 Å². The van der Waals surface area contributed by atoms with Crippen molar-refractivity contribution in [1.29, 1.82) is 0 Å². The van der Waals surface area contributed by atoms with E-state index in [0.29, 0.717) is 24.1 Å². The molecule has 0 aliphatic carbocycles. The van der Waals surface area contributed by atoms with Gasteiger partial charge in [-0.1, -0.05) is 78.5 Å². The molecule has 6 rings (SSSR count). The molecular formula is C31H26N6O2S. The van der Waals surface area contributed by atoms with Crippen LogP contribution in [0.3, 0.4) is 0 Å². The predicted octanol–water partition coefficient (Wildman–Crippen LogP) is 6.11. The number of anilines is 3. The Morgan fingerprint density at radius 3 is 2.27 bits per heavy atom. The van der Waals surface area contributed by atoms with Crippen LogP contribution in [0.2, 0.25) is 0 Å². The van der Waals surface area contributed by atoms with E-state index in [0.717, 1.165) is 37.5 Å². The summed E-state index contributed by atoms with van der Waals surface area (Å²) in [6.45, 7) is 0.494. The van der Waals surface area contributed by atoms with Crippen molar-refractivity contribution in [3.63, 3.8) is 0 Å². The van der Waals surface area contributed by atoms with E-state index in [1.54, 1.807) is 11.8 Å². The summed E-state index contributed by atoms with van der Waals surface area (Å²) < 4.78 is 1.48. The number of nitrogens with zero attached hydrogens (tertiary/aromatic N) is 3. The van der Waals surface area contributed by atoms with Gasteiger partial charge in [0.05, 0.1) is 17.8 Å². The number of H-pyrrole nitrogens is 1. The lowest BCUT2D eigenvalue weighted by Crippen LogP contribution is -2.12. The third kappa shape index (κ3) is 5.47. The van der Waals surface area contributed by atoms with Gasteiger partial charge in [-0.2, -0.15) is 4.98 Å². The Balaban J connectivity index is 1.27. The first kappa shape index (κ1) is 25.4. The zero-order chi connectivity index (χ0) is 27.3. The van der Waals surface area contributed by atoms with Crippen LogP contribution in [-0.2, 0) is 13.2 Å². The van der Waals surface area contributed by atoms with Crippen LogP contribution in [0.15, 0.2) is 124 Å². The maximum absolute atomic E-state index is 12.7. The first-order valence-electron chi connectivity index (χ1n) is 12.8. The van der Waals surface area contributed by atoms with Crippen LogP contribution in [0.25, 0.3) is 16.6 Å². The summed E-state index contributed by atoms with van der Waals surface area (Å²) in [7, 11) is 0. The average Bonchev–Trinajstić information content (AvgIpc) is 3.37. The second kappa shape index (κ2) is 11.5. The fourth-order valence-corrected chi connectivity index (χ4v) is 5.45. The Morgan fingerprint density at radius 2 is 1.48 bits per heavy atom. The van der Waals surface area contributed by atoms with Crippen molar-refractivity contribution in [3.8, 4) is 5.69 Å². The molecular weight excluding hydrogens is 520 g/mol. The third-order valence-corrected chi connectivity index (χ3v) is 7.60. The molecule has 0 spiro atoms. The Morgan fingerprint density at radius 1 is 0.800 bits per heavy atom. The molecule has 0 unspecified atom stereocenters. The highest BCUT2D eigenvalue weighted by atomic mass is 32.2. The van der Waals surface area contributed by atoms with Gasteiger partial charge < -0.3 is 15.7 Å². The molecule has 6 aromatic rings. The summed E-state index contributed by atoms with van der Waals surface area (Å²) in [6, 6.07) is 34.6. The number of para-hydroxylation sites is 2. The smallest absolute Gasteiger partial charge is 0.273 e. The molecule has 0 amide bonds. The van der Waals surface area contributed by atoms with Crippen molar-refractivity contribution < 1.29 is 5.11 Å². The summed E-state index contributed by atoms with van der Waals surface area (Å²) in [5, 5.41) is 20.3. The number of fused-ring (bicyclic) bond motifs is 1. The van der Waals surface area contributed by atoms with Crippen LogP contribution in [-0.4, -0.2) is 24.9 Å². The number of benzene rings is 4. The summed E-state index contributed by atoms with van der Waals surface area (Å²) in [4.78, 5) is 24.2. The molecule has 0 radical (unpaired) electrons. The molecule has 40 heavy (non-hydrogen) atoms. The number of hydrogen-bond donors (Lipinski definition) is 4. The minimum atomic E-state index is -0.178. The minimum absolute atomic E-state index is 0.00963. The van der Waals surface area contributed by atoms with Gasteiger partial charge in [-0.15, -0.1) is 0 Å². The number of aliphatic hydroxyl groups excluding tert-OH is 1. The van der Waals surface area contributed by atoms with Crippen LogP contribution in [0.4, 0.5) is 17.6 Å². The van der Waals surface area contributed by atoms with E-state index in [-0.39, 0.29) is 12.2 Å². The molecule has 0 saturated carbocycles. The second-order valence-corrected chi connectivity index (χ2v) is 10.1. The fourth-order valence-electron chi connectivity index (χ4n) is 4.38. The molecule has 0 fully saturated rings. The highest BCUT2D eigenvalue weighted by Crippen LogP contribution is 2.33. The Kier molecular flexibility index (Phi) is 7.30. The number of rotatable bonds is 9. The van der Waals surface area contributed by atoms with Crippen molar-refractivity contribution in [1.82, 2.24) is 19.7 Å². The number of aromatic amines is 1. The number of aliphatic hydroxyl groups is 1. The minimum Gasteiger partial charge on any atom is -0.392 e. The number of nitrogens with one attached hydrogen (secondary N) is 3. The second-order valence-electron chi connectivity index (χ2n) is 9.05. The molecule has 2 aromatic heterocycles. The van der Waals surface area contributed by atoms with Gasteiger partial charge in [0.1, 0.15) is 11.6 Å². The van der Waals surface area contributed by atoms with E-state index in [4.69, 9.17) is 9.97 Å². The van der Waals surface area contributed by atoms with Gasteiger partial charge in [-0.3, -0.25) is 9.89 Å². The molecule has 0 aliphatic rings. The summed E-state index contributed by atoms with van der Waals surface area (Å²) in [5.74, 6) is 1.56. The average molecular weight is 547 g/mol. The lowest BCUT2D eigenvalue weighted by molar-refractivity contribution is 0.279. The SMILES string of the molecule is O=c1cc(Nc2nc(NCc3ccccc3Sc3ccccc3CO)nc3ccccc23)[nH]n1-c1ccccc1. The van der Waals surface area contributed by atoms with Crippen molar-refractivity contribution in [3.05, 3.63) is 131 Å². The molecule has 2 heterocycles. The Hall–Kier alpha value is -4.86. The van der Waals surface area contributed by atoms with Crippen LogP contribution >= 0.6 is 11.8 Å². The largest absolute Gasteiger partial charge is 0.392 e. The predicted molar refractivity (Wildman–Crippen MR) is 159 cm³/mol. The van der Waals surface area contributed by atoms with Crippen molar-refractivity contribution in [2.45, 2.75) is 22.9 Å². The zero-order valence-electron chi connectivity index (χ0n) is 21.4. The topological polar surface area (TPSA) is 108 Å². The van der Waals surface area contributed by atoms with E-state index < -0.39 is 0 Å². The van der Waals surface area contributed by atoms with Gasteiger partial charge in [0.2, 0.25) is 5.95 Å². The van der Waals surface area contributed by atoms with Gasteiger partial charge in [0.15, 0.2) is 0 Å². The number of aromatic nitrogens is 4. The van der Waals surface area contributed by atoms with Gasteiger partial charge >= 0.3 is 0 Å². The monoisotopic (exact) mass is 546 g/mol. The van der Waals surface area contributed by atoms with E-state index in [2.05, 4.69) is 27.9 Å². The quantitative estimate of drug-likeness (QED) is 0.173. The third-order valence-electron chi connectivity index (χ3n) is 6.36. The molecule has 4 aromatic carbocycles. The standard InChI is InChI=1S/C31H26N6O2S/c38-20-22-11-5-9-17-27(22)40-26-16-8-4-10-21(26)19-32-31-33-25-15-7-6-14-24(25)30(35-31)34-28-18-29(39)37(36-28)23-12-2-1-3-13-23/h1-18,36,38H,19-20H2,(H2,32,33,34,35). The van der Waals surface area contributed by atoms with Gasteiger partial charge in [-0.25, -0.2) is 9.67 Å². The molecule has 0 bridgehead atoms. The summed E-state index contributed by atoms with van der Waals surface area (Å²) >= 11 is 1.62. The molecule has 8 nitrogen and oxygen atoms in total. The van der Waals surface area contributed by atoms with Gasteiger partial charge in [0, 0.05) is 27.8 Å². The Labute approximate surface area is 234 Å². The number of hydrogen-bond acceptors (Lipinski definition) is 7. The maximum Gasteiger partial charge on any atom is 0.273 e. The van der Waals surface area contributed by atoms with E-state index in [1.807, 2.05) is 91.0 Å². The molecule has 0 aliphatic heterocycles. The molecule has 0 atom stereocenters. The molecule has 4 N–H and O–H groups in total. The van der Waals surface area contributed by atoms with E-state index >= 15 is 0 Å². The van der Waals surface area contributed by atoms with Crippen LogP contribution in [0.5, 0.6) is 0 Å². The van der Waals surface area contributed by atoms with Crippen molar-refractivity contribution >= 4 is 40.2 Å².